The average Bonchev–Trinajstić information content (AvgIpc) is 2.92. The monoisotopic (exact) mass is 396 g/mol. The second-order valence-corrected chi connectivity index (χ2v) is 5.65. The number of nitrogens with zero attached hydrogens (tertiary/aromatic N) is 3. The molecule has 2 heterocycles. The van der Waals surface area contributed by atoms with Crippen molar-refractivity contribution in [3.05, 3.63) is 47.3 Å². The van der Waals surface area contributed by atoms with E-state index >= 15 is 0 Å². The maximum atomic E-state index is 12.9. The number of carboxylic acids is 1. The Kier molecular flexibility index (Phi) is 6.08. The third kappa shape index (κ3) is 5.67. The third-order valence-corrected chi connectivity index (χ3v) is 3.65. The molecule has 3 rings (SSSR count). The number of halogens is 6. The zero-order valence-corrected chi connectivity index (χ0v) is 13.6. The maximum Gasteiger partial charge on any atom is 0.490 e. The molecule has 0 saturated carbocycles. The van der Waals surface area contributed by atoms with Gasteiger partial charge in [0.1, 0.15) is 0 Å². The molecule has 0 aliphatic carbocycles. The molecule has 148 valence electrons. The minimum Gasteiger partial charge on any atom is -0.475 e. The predicted octanol–water partition coefficient (Wildman–Crippen LogP) is 2.67. The van der Waals surface area contributed by atoms with Crippen LogP contribution in [0.5, 0.6) is 0 Å². The molecular formula is C15H14F6N4O2. The Hall–Kier alpha value is -2.63. The second kappa shape index (κ2) is 7.94. The van der Waals surface area contributed by atoms with Gasteiger partial charge in [0.2, 0.25) is 0 Å². The van der Waals surface area contributed by atoms with Gasteiger partial charge in [0, 0.05) is 25.2 Å². The van der Waals surface area contributed by atoms with Crippen LogP contribution < -0.4 is 5.32 Å². The topological polar surface area (TPSA) is 80.0 Å². The van der Waals surface area contributed by atoms with E-state index in [1.165, 1.54) is 16.8 Å². The highest BCUT2D eigenvalue weighted by Crippen LogP contribution is 2.32. The lowest BCUT2D eigenvalue weighted by molar-refractivity contribution is -0.192. The Balaban J connectivity index is 0.000000321. The summed E-state index contributed by atoms with van der Waals surface area (Å²) in [4.78, 5) is 8.90. The number of alkyl halides is 6. The van der Waals surface area contributed by atoms with Gasteiger partial charge in [-0.05, 0) is 11.6 Å². The molecule has 1 aliphatic heterocycles. The minimum absolute atomic E-state index is 0.0723. The van der Waals surface area contributed by atoms with Crippen LogP contribution in [-0.2, 0) is 17.5 Å². The third-order valence-electron chi connectivity index (χ3n) is 3.65. The lowest BCUT2D eigenvalue weighted by Crippen LogP contribution is -2.40. The molecule has 2 N–H and O–H groups in total. The van der Waals surface area contributed by atoms with Gasteiger partial charge in [0.05, 0.1) is 17.8 Å². The standard InChI is InChI=1S/C13H13F3N4.C2HF3O2/c14-13(15,16)11-4-2-1-3-9(11)7-20-8-12(18-19-20)10-5-17-6-10;3-2(4,5)1(6)7/h1-4,8,10,17H,5-7H2;(H,6,7). The van der Waals surface area contributed by atoms with Crippen molar-refractivity contribution < 1.29 is 36.2 Å². The van der Waals surface area contributed by atoms with Crippen LogP contribution in [0.3, 0.4) is 0 Å². The largest absolute Gasteiger partial charge is 0.490 e. The summed E-state index contributed by atoms with van der Waals surface area (Å²) in [6.07, 6.45) is -7.71. The summed E-state index contributed by atoms with van der Waals surface area (Å²) in [6, 6.07) is 5.54. The van der Waals surface area contributed by atoms with Crippen molar-refractivity contribution >= 4 is 5.97 Å². The van der Waals surface area contributed by atoms with Crippen LogP contribution in [0.15, 0.2) is 30.5 Å². The lowest BCUT2D eigenvalue weighted by atomic mass is 10.0. The molecule has 0 radical (unpaired) electrons. The van der Waals surface area contributed by atoms with Crippen LogP contribution in [0.2, 0.25) is 0 Å². The van der Waals surface area contributed by atoms with E-state index in [1.807, 2.05) is 0 Å². The molecule has 1 saturated heterocycles. The number of carbonyl (C=O) groups is 1. The summed E-state index contributed by atoms with van der Waals surface area (Å²) in [7, 11) is 0. The van der Waals surface area contributed by atoms with Crippen molar-refractivity contribution in [3.63, 3.8) is 0 Å². The molecule has 1 fully saturated rings. The first kappa shape index (κ1) is 20.7. The van der Waals surface area contributed by atoms with E-state index in [9.17, 15) is 26.3 Å². The molecule has 12 heteroatoms. The molecule has 1 aliphatic rings. The van der Waals surface area contributed by atoms with Crippen LogP contribution >= 0.6 is 0 Å². The molecular weight excluding hydrogens is 382 g/mol. The first-order valence-electron chi connectivity index (χ1n) is 7.54. The van der Waals surface area contributed by atoms with Crippen LogP contribution in [0, 0.1) is 0 Å². The van der Waals surface area contributed by atoms with Gasteiger partial charge in [-0.25, -0.2) is 9.48 Å². The number of hydrogen-bond acceptors (Lipinski definition) is 4. The molecule has 0 amide bonds. The molecule has 0 bridgehead atoms. The molecule has 0 spiro atoms. The summed E-state index contributed by atoms with van der Waals surface area (Å²) in [5.74, 6) is -2.44. The fraction of sp³-hybridized carbons (Fsp3) is 0.400. The second-order valence-electron chi connectivity index (χ2n) is 5.65. The number of aliphatic carboxylic acids is 1. The van der Waals surface area contributed by atoms with Crippen molar-refractivity contribution in [1.82, 2.24) is 20.3 Å². The highest BCUT2D eigenvalue weighted by molar-refractivity contribution is 5.73. The Labute approximate surface area is 148 Å². The van der Waals surface area contributed by atoms with E-state index in [2.05, 4.69) is 15.6 Å². The molecule has 0 unspecified atom stereocenters. The van der Waals surface area contributed by atoms with Gasteiger partial charge in [-0.15, -0.1) is 5.10 Å². The molecule has 1 aromatic heterocycles. The quantitative estimate of drug-likeness (QED) is 0.780. The maximum absolute atomic E-state index is 12.9. The minimum atomic E-state index is -5.08. The molecule has 0 atom stereocenters. The summed E-state index contributed by atoms with van der Waals surface area (Å²) < 4.78 is 71.9. The van der Waals surface area contributed by atoms with Gasteiger partial charge in [-0.2, -0.15) is 26.3 Å². The van der Waals surface area contributed by atoms with E-state index in [0.29, 0.717) is 5.92 Å². The van der Waals surface area contributed by atoms with Crippen LogP contribution in [-0.4, -0.2) is 45.3 Å². The first-order valence-corrected chi connectivity index (χ1v) is 7.54. The van der Waals surface area contributed by atoms with Gasteiger partial charge in [0.25, 0.3) is 0 Å². The van der Waals surface area contributed by atoms with Gasteiger partial charge in [0.15, 0.2) is 0 Å². The predicted molar refractivity (Wildman–Crippen MR) is 79.9 cm³/mol. The molecule has 2 aromatic rings. The normalized spacial score (nSPS) is 14.9. The van der Waals surface area contributed by atoms with Gasteiger partial charge >= 0.3 is 18.3 Å². The Morgan fingerprint density at radius 2 is 1.78 bits per heavy atom. The van der Waals surface area contributed by atoms with Crippen LogP contribution in [0.1, 0.15) is 22.7 Å². The summed E-state index contributed by atoms with van der Waals surface area (Å²) in [5.41, 5.74) is 0.402. The van der Waals surface area contributed by atoms with Crippen molar-refractivity contribution in [3.8, 4) is 0 Å². The van der Waals surface area contributed by atoms with E-state index in [-0.39, 0.29) is 12.1 Å². The summed E-state index contributed by atoms with van der Waals surface area (Å²) in [5, 5.41) is 18.2. The van der Waals surface area contributed by atoms with E-state index in [0.717, 1.165) is 24.8 Å². The van der Waals surface area contributed by atoms with Crippen LogP contribution in [0.4, 0.5) is 26.3 Å². The Morgan fingerprint density at radius 1 is 1.19 bits per heavy atom. The molecule has 1 aromatic carbocycles. The smallest absolute Gasteiger partial charge is 0.475 e. The fourth-order valence-corrected chi connectivity index (χ4v) is 2.18. The fourth-order valence-electron chi connectivity index (χ4n) is 2.18. The van der Waals surface area contributed by atoms with Crippen molar-refractivity contribution in [2.24, 2.45) is 0 Å². The number of nitrogens with one attached hydrogen (secondary N) is 1. The lowest BCUT2D eigenvalue weighted by Gasteiger charge is -2.24. The highest BCUT2D eigenvalue weighted by Gasteiger charge is 2.38. The number of rotatable bonds is 3. The highest BCUT2D eigenvalue weighted by atomic mass is 19.4. The van der Waals surface area contributed by atoms with E-state index in [1.54, 1.807) is 12.3 Å². The van der Waals surface area contributed by atoms with Crippen molar-refractivity contribution in [2.45, 2.75) is 24.8 Å². The Morgan fingerprint density at radius 3 is 2.26 bits per heavy atom. The average molecular weight is 396 g/mol. The summed E-state index contributed by atoms with van der Waals surface area (Å²) in [6.45, 7) is 1.76. The van der Waals surface area contributed by atoms with Gasteiger partial charge in [-0.3, -0.25) is 0 Å². The number of carboxylic acid groups (broad SMARTS) is 1. The number of aromatic nitrogens is 3. The summed E-state index contributed by atoms with van der Waals surface area (Å²) >= 11 is 0. The van der Waals surface area contributed by atoms with Crippen molar-refractivity contribution in [2.75, 3.05) is 13.1 Å². The zero-order chi connectivity index (χ0) is 20.2. The molecule has 6 nitrogen and oxygen atoms in total. The molecule has 27 heavy (non-hydrogen) atoms. The van der Waals surface area contributed by atoms with Gasteiger partial charge in [-0.1, -0.05) is 23.4 Å². The zero-order valence-electron chi connectivity index (χ0n) is 13.6. The van der Waals surface area contributed by atoms with Gasteiger partial charge < -0.3 is 10.4 Å². The van der Waals surface area contributed by atoms with Crippen molar-refractivity contribution in [1.29, 1.82) is 0 Å². The van der Waals surface area contributed by atoms with E-state index < -0.39 is 23.9 Å². The SMILES string of the molecule is FC(F)(F)c1ccccc1Cn1cc(C2CNC2)nn1.O=C(O)C(F)(F)F. The van der Waals surface area contributed by atoms with Crippen LogP contribution in [0.25, 0.3) is 0 Å². The Bertz CT molecular complexity index is 783. The number of benzene rings is 1. The number of hydrogen-bond donors (Lipinski definition) is 2. The van der Waals surface area contributed by atoms with E-state index in [4.69, 9.17) is 9.90 Å². The first-order chi connectivity index (χ1) is 12.5.